The Kier molecular flexibility index (Phi) is 4.84. The van der Waals surface area contributed by atoms with Gasteiger partial charge >= 0.3 is 0 Å². The Morgan fingerprint density at radius 2 is 0.818 bits per heavy atom. The van der Waals surface area contributed by atoms with Crippen LogP contribution in [-0.2, 0) is 12.8 Å². The van der Waals surface area contributed by atoms with Gasteiger partial charge in [-0.05, 0) is 34.4 Å². The molecule has 22 heavy (non-hydrogen) atoms. The van der Waals surface area contributed by atoms with E-state index in [0.29, 0.717) is 0 Å². The van der Waals surface area contributed by atoms with Gasteiger partial charge in [0.1, 0.15) is 0 Å². The number of hydrogen-bond acceptors (Lipinski definition) is 0. The van der Waals surface area contributed by atoms with E-state index in [0.717, 1.165) is 12.8 Å². The molecule has 0 aliphatic carbocycles. The lowest BCUT2D eigenvalue weighted by atomic mass is 10.1. The van der Waals surface area contributed by atoms with Gasteiger partial charge in [-0.25, -0.2) is 0 Å². The molecule has 0 N–H and O–H groups in total. The van der Waals surface area contributed by atoms with Crippen molar-refractivity contribution < 1.29 is 0 Å². The molecule has 0 atom stereocenters. The molecule has 0 heteroatoms. The first kappa shape index (κ1) is 14.3. The van der Waals surface area contributed by atoms with E-state index >= 15 is 0 Å². The van der Waals surface area contributed by atoms with Crippen molar-refractivity contribution in [3.05, 3.63) is 106 Å². The Labute approximate surface area is 132 Å². The summed E-state index contributed by atoms with van der Waals surface area (Å²) in [6.45, 7) is 0. The molecule has 3 aromatic rings. The Bertz CT molecular complexity index is 719. The van der Waals surface area contributed by atoms with Crippen LogP contribution in [0.25, 0.3) is 12.2 Å². The Hall–Kier alpha value is -2.60. The van der Waals surface area contributed by atoms with E-state index in [4.69, 9.17) is 0 Å². The van der Waals surface area contributed by atoms with Crippen molar-refractivity contribution in [2.45, 2.75) is 12.8 Å². The van der Waals surface area contributed by atoms with Gasteiger partial charge in [0, 0.05) is 0 Å². The fraction of sp³-hybridized carbons (Fsp3) is 0.0909. The average Bonchev–Trinajstić information content (AvgIpc) is 2.61. The van der Waals surface area contributed by atoms with E-state index in [1.165, 1.54) is 21.6 Å². The van der Waals surface area contributed by atoms with Crippen LogP contribution in [0.15, 0.2) is 84.9 Å². The van der Waals surface area contributed by atoms with Crippen LogP contribution >= 0.6 is 0 Å². The van der Waals surface area contributed by atoms with E-state index in [-0.39, 0.29) is 0 Å². The average molecular weight is 284 g/mol. The summed E-state index contributed by atoms with van der Waals surface area (Å²) < 4.78 is 0. The summed E-state index contributed by atoms with van der Waals surface area (Å²) in [6.07, 6.45) is 6.51. The summed E-state index contributed by atoms with van der Waals surface area (Å²) in [6, 6.07) is 29.9. The molecule has 3 aromatic carbocycles. The number of benzene rings is 3. The summed E-state index contributed by atoms with van der Waals surface area (Å²) in [5.74, 6) is 0. The van der Waals surface area contributed by atoms with Gasteiger partial charge in [0.05, 0.1) is 0 Å². The topological polar surface area (TPSA) is 0 Å². The summed E-state index contributed by atoms with van der Waals surface area (Å²) in [4.78, 5) is 0. The van der Waals surface area contributed by atoms with Crippen molar-refractivity contribution in [3.63, 3.8) is 0 Å². The van der Waals surface area contributed by atoms with Crippen LogP contribution in [-0.4, -0.2) is 0 Å². The normalized spacial score (nSPS) is 10.2. The summed E-state index contributed by atoms with van der Waals surface area (Å²) in [5.41, 5.74) is 2.70. The molecule has 0 saturated heterocycles. The predicted octanol–water partition coefficient (Wildman–Crippen LogP) is 3.73. The minimum atomic E-state index is 0.980. The van der Waals surface area contributed by atoms with Gasteiger partial charge in [-0.3, -0.25) is 0 Å². The van der Waals surface area contributed by atoms with Gasteiger partial charge in [0.15, 0.2) is 0 Å². The maximum absolute atomic E-state index is 2.27. The molecule has 0 spiro atoms. The second-order valence-corrected chi connectivity index (χ2v) is 5.45. The van der Waals surface area contributed by atoms with Crippen molar-refractivity contribution in [2.24, 2.45) is 0 Å². The van der Waals surface area contributed by atoms with Crippen molar-refractivity contribution in [1.29, 1.82) is 0 Å². The van der Waals surface area contributed by atoms with E-state index < -0.39 is 0 Å². The monoisotopic (exact) mass is 284 g/mol. The second-order valence-electron chi connectivity index (χ2n) is 5.45. The maximum Gasteiger partial charge on any atom is -0.00885 e. The molecule has 0 fully saturated rings. The Morgan fingerprint density at radius 1 is 0.455 bits per heavy atom. The van der Waals surface area contributed by atoms with Gasteiger partial charge in [-0.2, -0.15) is 0 Å². The van der Waals surface area contributed by atoms with E-state index in [9.17, 15) is 0 Å². The highest BCUT2D eigenvalue weighted by molar-refractivity contribution is 5.35. The largest absolute Gasteiger partial charge is 0.0729 e. The lowest BCUT2D eigenvalue weighted by Gasteiger charge is -1.96. The molecular formula is C22H20. The fourth-order valence-electron chi connectivity index (χ4n) is 2.47. The molecular weight excluding hydrogens is 264 g/mol. The third kappa shape index (κ3) is 4.20. The molecule has 0 radical (unpaired) electrons. The predicted molar refractivity (Wildman–Crippen MR) is 94.9 cm³/mol. The summed E-state index contributed by atoms with van der Waals surface area (Å²) in [5, 5.41) is 2.56. The molecule has 0 unspecified atom stereocenters. The lowest BCUT2D eigenvalue weighted by Crippen LogP contribution is -2.07. The Morgan fingerprint density at radius 3 is 1.18 bits per heavy atom. The fourth-order valence-corrected chi connectivity index (χ4v) is 2.47. The van der Waals surface area contributed by atoms with Gasteiger partial charge in [-0.15, -0.1) is 0 Å². The van der Waals surface area contributed by atoms with Gasteiger partial charge in [0.2, 0.25) is 0 Å². The highest BCUT2D eigenvalue weighted by Crippen LogP contribution is 2.00. The lowest BCUT2D eigenvalue weighted by molar-refractivity contribution is 1.31. The smallest absolute Gasteiger partial charge is 0.00885 e. The zero-order valence-corrected chi connectivity index (χ0v) is 12.7. The SMILES string of the molecule is C(Cc1ccccc1)=c1ccc(=CCc2ccccc2)cc1. The van der Waals surface area contributed by atoms with Crippen molar-refractivity contribution in [3.8, 4) is 0 Å². The quantitative estimate of drug-likeness (QED) is 0.685. The molecule has 0 amide bonds. The molecule has 0 aliphatic rings. The molecule has 0 nitrogen and oxygen atoms in total. The zero-order valence-electron chi connectivity index (χ0n) is 12.7. The third-order valence-corrected chi connectivity index (χ3v) is 3.77. The van der Waals surface area contributed by atoms with Crippen LogP contribution in [0.2, 0.25) is 0 Å². The van der Waals surface area contributed by atoms with Crippen molar-refractivity contribution >= 4 is 12.2 Å². The van der Waals surface area contributed by atoms with Crippen LogP contribution in [0, 0.1) is 0 Å². The van der Waals surface area contributed by atoms with E-state index in [1.54, 1.807) is 0 Å². The summed E-state index contributed by atoms with van der Waals surface area (Å²) in [7, 11) is 0. The third-order valence-electron chi connectivity index (χ3n) is 3.77. The van der Waals surface area contributed by atoms with Gasteiger partial charge in [-0.1, -0.05) is 97.1 Å². The van der Waals surface area contributed by atoms with Crippen LogP contribution in [0.5, 0.6) is 0 Å². The molecule has 0 heterocycles. The molecule has 0 saturated carbocycles. The van der Waals surface area contributed by atoms with Crippen molar-refractivity contribution in [2.75, 3.05) is 0 Å². The van der Waals surface area contributed by atoms with Crippen LogP contribution < -0.4 is 10.4 Å². The minimum absolute atomic E-state index is 0.980. The Balaban J connectivity index is 1.70. The highest BCUT2D eigenvalue weighted by atomic mass is 13.9. The first-order valence-corrected chi connectivity index (χ1v) is 7.74. The van der Waals surface area contributed by atoms with Crippen LogP contribution in [0.4, 0.5) is 0 Å². The van der Waals surface area contributed by atoms with Crippen molar-refractivity contribution in [1.82, 2.24) is 0 Å². The summed E-state index contributed by atoms with van der Waals surface area (Å²) >= 11 is 0. The van der Waals surface area contributed by atoms with Crippen LogP contribution in [0.3, 0.4) is 0 Å². The van der Waals surface area contributed by atoms with Gasteiger partial charge < -0.3 is 0 Å². The zero-order chi connectivity index (χ0) is 15.0. The number of hydrogen-bond donors (Lipinski definition) is 0. The maximum atomic E-state index is 2.27. The number of rotatable bonds is 4. The van der Waals surface area contributed by atoms with E-state index in [2.05, 4.69) is 97.1 Å². The second kappa shape index (κ2) is 7.42. The minimum Gasteiger partial charge on any atom is -0.0729 e. The molecule has 0 bridgehead atoms. The van der Waals surface area contributed by atoms with E-state index in [1.807, 2.05) is 0 Å². The van der Waals surface area contributed by atoms with Crippen LogP contribution in [0.1, 0.15) is 11.1 Å². The first-order chi connectivity index (χ1) is 10.9. The molecule has 0 aromatic heterocycles. The molecule has 0 aliphatic heterocycles. The highest BCUT2D eigenvalue weighted by Gasteiger charge is 1.88. The standard InChI is InChI=1S/C22H20/c1-3-7-19(8-4-1)11-13-21-15-17-22(18-16-21)14-12-20-9-5-2-6-10-20/h1-10,13-18H,11-12H2. The van der Waals surface area contributed by atoms with Gasteiger partial charge in [0.25, 0.3) is 0 Å². The molecule has 108 valence electrons. The first-order valence-electron chi connectivity index (χ1n) is 7.74. The molecule has 3 rings (SSSR count).